The van der Waals surface area contributed by atoms with E-state index in [1.54, 1.807) is 5.38 Å². The number of ether oxygens (including phenoxy) is 1. The molecule has 0 aliphatic heterocycles. The molecule has 0 fully saturated rings. The zero-order valence-corrected chi connectivity index (χ0v) is 13.8. The third-order valence-electron chi connectivity index (χ3n) is 2.86. The highest BCUT2D eigenvalue weighted by molar-refractivity contribution is 7.90. The first-order valence-electron chi connectivity index (χ1n) is 6.57. The van der Waals surface area contributed by atoms with Crippen LogP contribution in [0.3, 0.4) is 0 Å². The van der Waals surface area contributed by atoms with Crippen molar-refractivity contribution in [3.8, 4) is 5.75 Å². The van der Waals surface area contributed by atoms with E-state index in [0.29, 0.717) is 11.4 Å². The number of benzene rings is 1. The van der Waals surface area contributed by atoms with Gasteiger partial charge in [0.05, 0.1) is 29.1 Å². The Kier molecular flexibility index (Phi) is 5.15. The van der Waals surface area contributed by atoms with Gasteiger partial charge in [-0.1, -0.05) is 6.92 Å². The van der Waals surface area contributed by atoms with E-state index in [9.17, 15) is 13.2 Å². The average Bonchev–Trinajstić information content (AvgIpc) is 2.94. The molecule has 1 N–H and O–H groups in total. The topological polar surface area (TPSA) is 85.4 Å². The van der Waals surface area contributed by atoms with Crippen molar-refractivity contribution in [2.45, 2.75) is 24.7 Å². The summed E-state index contributed by atoms with van der Waals surface area (Å²) in [5, 5.41) is 2.68. The molecule has 0 bridgehead atoms. The molecule has 2 rings (SSSR count). The van der Waals surface area contributed by atoms with Gasteiger partial charge < -0.3 is 4.74 Å². The van der Waals surface area contributed by atoms with Crippen LogP contribution in [0.5, 0.6) is 5.75 Å². The summed E-state index contributed by atoms with van der Waals surface area (Å²) in [7, 11) is -2.39. The van der Waals surface area contributed by atoms with E-state index in [1.807, 2.05) is 11.6 Å². The molecule has 0 atom stereocenters. The number of carbonyl (C=O) groups is 1. The lowest BCUT2D eigenvalue weighted by Crippen LogP contribution is -2.31. The molecule has 1 aromatic carbocycles. The minimum absolute atomic E-state index is 0.00850. The number of aryl methyl sites for hydroxylation is 1. The Balaban J connectivity index is 2.05. The number of hydrogen-bond donors (Lipinski definition) is 1. The minimum Gasteiger partial charge on any atom is -0.497 e. The number of sulfonamides is 1. The van der Waals surface area contributed by atoms with Crippen molar-refractivity contribution in [2.75, 3.05) is 7.11 Å². The lowest BCUT2D eigenvalue weighted by Gasteiger charge is -2.07. The van der Waals surface area contributed by atoms with Crippen LogP contribution >= 0.6 is 11.3 Å². The number of carbonyl (C=O) groups excluding carboxylic acids is 1. The molecular formula is C14H16N2O4S2. The van der Waals surface area contributed by atoms with Gasteiger partial charge in [0.1, 0.15) is 5.75 Å². The summed E-state index contributed by atoms with van der Waals surface area (Å²) in [6.45, 7) is 1.97. The first-order chi connectivity index (χ1) is 10.4. The molecule has 0 radical (unpaired) electrons. The highest BCUT2D eigenvalue weighted by Gasteiger charge is 2.18. The van der Waals surface area contributed by atoms with Crippen LogP contribution in [0, 0.1) is 0 Å². The van der Waals surface area contributed by atoms with E-state index in [0.717, 1.165) is 11.4 Å². The Morgan fingerprint density at radius 2 is 2.00 bits per heavy atom. The molecule has 0 unspecified atom stereocenters. The normalized spacial score (nSPS) is 11.2. The molecule has 0 saturated carbocycles. The molecule has 2 aromatic rings. The molecule has 22 heavy (non-hydrogen) atoms. The third-order valence-corrected chi connectivity index (χ3v) is 5.29. The molecule has 0 saturated heterocycles. The number of nitrogens with one attached hydrogen (secondary N) is 1. The summed E-state index contributed by atoms with van der Waals surface area (Å²) >= 11 is 1.46. The maximum atomic E-state index is 12.1. The Morgan fingerprint density at radius 3 is 2.55 bits per heavy atom. The van der Waals surface area contributed by atoms with E-state index < -0.39 is 15.9 Å². The van der Waals surface area contributed by atoms with Gasteiger partial charge in [0.2, 0.25) is 5.91 Å². The third kappa shape index (κ3) is 4.05. The van der Waals surface area contributed by atoms with Crippen LogP contribution in [-0.2, 0) is 27.7 Å². The summed E-state index contributed by atoms with van der Waals surface area (Å²) in [5.74, 6) is -0.0661. The molecule has 0 spiro atoms. The number of hydrogen-bond acceptors (Lipinski definition) is 6. The maximum Gasteiger partial charge on any atom is 0.264 e. The van der Waals surface area contributed by atoms with Crippen molar-refractivity contribution >= 4 is 27.3 Å². The molecular weight excluding hydrogens is 324 g/mol. The van der Waals surface area contributed by atoms with Crippen LogP contribution in [0.1, 0.15) is 17.6 Å². The van der Waals surface area contributed by atoms with Crippen molar-refractivity contribution in [3.05, 3.63) is 40.3 Å². The van der Waals surface area contributed by atoms with Crippen LogP contribution in [0.4, 0.5) is 0 Å². The van der Waals surface area contributed by atoms with Crippen LogP contribution in [0.2, 0.25) is 0 Å². The Hall–Kier alpha value is -1.93. The van der Waals surface area contributed by atoms with Crippen LogP contribution in [0.15, 0.2) is 34.5 Å². The Bertz CT molecular complexity index is 751. The summed E-state index contributed by atoms with van der Waals surface area (Å²) in [5.41, 5.74) is 0.573. The standard InChI is InChI=1S/C14H16N2O4S2/c1-3-14-15-10(9-21-14)8-13(17)16-22(18,19)12-6-4-11(20-2)5-7-12/h4-7,9H,3,8H2,1-2H3,(H,16,17). The maximum absolute atomic E-state index is 12.1. The van der Waals surface area contributed by atoms with E-state index in [4.69, 9.17) is 4.74 Å². The molecule has 1 heterocycles. The van der Waals surface area contributed by atoms with E-state index >= 15 is 0 Å². The number of nitrogens with zero attached hydrogens (tertiary/aromatic N) is 1. The molecule has 1 aromatic heterocycles. The predicted octanol–water partition coefficient (Wildman–Crippen LogP) is 1.76. The Labute approximate surface area is 133 Å². The van der Waals surface area contributed by atoms with Gasteiger partial charge in [-0.3, -0.25) is 4.79 Å². The first kappa shape index (κ1) is 16.4. The second-order valence-electron chi connectivity index (χ2n) is 4.47. The highest BCUT2D eigenvalue weighted by Crippen LogP contribution is 2.16. The Morgan fingerprint density at radius 1 is 1.32 bits per heavy atom. The van der Waals surface area contributed by atoms with Gasteiger partial charge in [-0.2, -0.15) is 0 Å². The van der Waals surface area contributed by atoms with Gasteiger partial charge in [-0.25, -0.2) is 18.1 Å². The lowest BCUT2D eigenvalue weighted by atomic mass is 10.3. The molecule has 118 valence electrons. The second kappa shape index (κ2) is 6.89. The largest absolute Gasteiger partial charge is 0.497 e. The van der Waals surface area contributed by atoms with Gasteiger partial charge in [0, 0.05) is 5.38 Å². The molecule has 0 aliphatic rings. The van der Waals surface area contributed by atoms with Crippen LogP contribution in [0.25, 0.3) is 0 Å². The van der Waals surface area contributed by atoms with Gasteiger partial charge >= 0.3 is 0 Å². The molecule has 1 amide bonds. The number of methoxy groups -OCH3 is 1. The van der Waals surface area contributed by atoms with Crippen LogP contribution < -0.4 is 9.46 Å². The molecule has 0 aliphatic carbocycles. The summed E-state index contributed by atoms with van der Waals surface area (Å²) in [6, 6.07) is 5.80. The van der Waals surface area contributed by atoms with E-state index in [-0.39, 0.29) is 11.3 Å². The van der Waals surface area contributed by atoms with E-state index in [1.165, 1.54) is 42.7 Å². The predicted molar refractivity (Wildman–Crippen MR) is 83.5 cm³/mol. The smallest absolute Gasteiger partial charge is 0.264 e. The van der Waals surface area contributed by atoms with Crippen molar-refractivity contribution in [1.29, 1.82) is 0 Å². The first-order valence-corrected chi connectivity index (χ1v) is 8.94. The quantitative estimate of drug-likeness (QED) is 0.866. The van der Waals surface area contributed by atoms with Gasteiger partial charge in [0.25, 0.3) is 10.0 Å². The number of thiazole rings is 1. The summed E-state index contributed by atoms with van der Waals surface area (Å²) in [4.78, 5) is 16.1. The van der Waals surface area contributed by atoms with Crippen LogP contribution in [-0.4, -0.2) is 26.4 Å². The van der Waals surface area contributed by atoms with Gasteiger partial charge in [0.15, 0.2) is 0 Å². The lowest BCUT2D eigenvalue weighted by molar-refractivity contribution is -0.118. The highest BCUT2D eigenvalue weighted by atomic mass is 32.2. The average molecular weight is 340 g/mol. The van der Waals surface area contributed by atoms with E-state index in [2.05, 4.69) is 4.98 Å². The van der Waals surface area contributed by atoms with Crippen molar-refractivity contribution < 1.29 is 17.9 Å². The number of rotatable bonds is 6. The number of aromatic nitrogens is 1. The zero-order valence-electron chi connectivity index (χ0n) is 12.2. The number of amides is 1. The fraction of sp³-hybridized carbons (Fsp3) is 0.286. The molecule has 6 nitrogen and oxygen atoms in total. The summed E-state index contributed by atoms with van der Waals surface area (Å²) < 4.78 is 31.2. The van der Waals surface area contributed by atoms with Crippen molar-refractivity contribution in [3.63, 3.8) is 0 Å². The molecule has 8 heteroatoms. The second-order valence-corrected chi connectivity index (χ2v) is 7.09. The van der Waals surface area contributed by atoms with Crippen molar-refractivity contribution in [2.24, 2.45) is 0 Å². The van der Waals surface area contributed by atoms with Crippen molar-refractivity contribution in [1.82, 2.24) is 9.71 Å². The fourth-order valence-corrected chi connectivity index (χ4v) is 3.49. The SMILES string of the molecule is CCc1nc(CC(=O)NS(=O)(=O)c2ccc(OC)cc2)cs1. The van der Waals surface area contributed by atoms with Gasteiger partial charge in [-0.05, 0) is 30.7 Å². The fourth-order valence-electron chi connectivity index (χ4n) is 1.76. The minimum atomic E-state index is -3.88. The monoisotopic (exact) mass is 340 g/mol. The van der Waals surface area contributed by atoms with Gasteiger partial charge in [-0.15, -0.1) is 11.3 Å². The summed E-state index contributed by atoms with van der Waals surface area (Å²) in [6.07, 6.45) is 0.725. The zero-order chi connectivity index (χ0) is 16.2.